The predicted molar refractivity (Wildman–Crippen MR) is 61.0 cm³/mol. The molecule has 0 aliphatic carbocycles. The highest BCUT2D eigenvalue weighted by molar-refractivity contribution is 7.85. The van der Waals surface area contributed by atoms with Crippen LogP contribution in [0.3, 0.4) is 0 Å². The van der Waals surface area contributed by atoms with E-state index in [4.69, 9.17) is 17.3 Å². The average molecular weight is 232 g/mol. The van der Waals surface area contributed by atoms with E-state index in [9.17, 15) is 4.21 Å². The first-order valence-corrected chi connectivity index (χ1v) is 6.27. The second-order valence-corrected chi connectivity index (χ2v) is 5.01. The van der Waals surface area contributed by atoms with Gasteiger partial charge in [-0.3, -0.25) is 4.21 Å². The molecule has 0 aliphatic rings. The van der Waals surface area contributed by atoms with Crippen LogP contribution in [0, 0.1) is 0 Å². The molecule has 14 heavy (non-hydrogen) atoms. The second kappa shape index (κ2) is 6.17. The molecule has 0 radical (unpaired) electrons. The van der Waals surface area contributed by atoms with Crippen LogP contribution in [0.15, 0.2) is 29.2 Å². The van der Waals surface area contributed by atoms with Crippen LogP contribution in [-0.2, 0) is 10.8 Å². The first-order chi connectivity index (χ1) is 6.74. The maximum atomic E-state index is 11.7. The van der Waals surface area contributed by atoms with Crippen molar-refractivity contribution >= 4 is 22.4 Å². The summed E-state index contributed by atoms with van der Waals surface area (Å²) < 4.78 is 11.7. The molecule has 4 heteroatoms. The fourth-order valence-electron chi connectivity index (χ4n) is 1.08. The third-order valence-electron chi connectivity index (χ3n) is 1.86. The molecule has 0 spiro atoms. The lowest BCUT2D eigenvalue weighted by atomic mass is 10.3. The Hall–Kier alpha value is -0.380. The zero-order valence-electron chi connectivity index (χ0n) is 7.91. The fraction of sp³-hybridized carbons (Fsp3) is 0.400. The van der Waals surface area contributed by atoms with Crippen molar-refractivity contribution in [3.05, 3.63) is 29.3 Å². The van der Waals surface area contributed by atoms with Crippen molar-refractivity contribution in [1.29, 1.82) is 0 Å². The molecule has 0 heterocycles. The Labute approximate surface area is 91.9 Å². The van der Waals surface area contributed by atoms with Crippen LogP contribution in [0.1, 0.15) is 12.8 Å². The summed E-state index contributed by atoms with van der Waals surface area (Å²) in [6.45, 7) is 0.665. The number of rotatable bonds is 5. The molecule has 1 rings (SSSR count). The van der Waals surface area contributed by atoms with Crippen molar-refractivity contribution in [1.82, 2.24) is 0 Å². The van der Waals surface area contributed by atoms with Gasteiger partial charge in [0.1, 0.15) is 0 Å². The van der Waals surface area contributed by atoms with Gasteiger partial charge in [-0.05, 0) is 43.7 Å². The Morgan fingerprint density at radius 1 is 1.21 bits per heavy atom. The molecule has 78 valence electrons. The zero-order valence-corrected chi connectivity index (χ0v) is 9.48. The number of hydrogen-bond acceptors (Lipinski definition) is 2. The van der Waals surface area contributed by atoms with Gasteiger partial charge in [0.25, 0.3) is 0 Å². The molecule has 0 aromatic heterocycles. The first kappa shape index (κ1) is 11.7. The number of hydrogen-bond donors (Lipinski definition) is 1. The SMILES string of the molecule is NCCCCS(=O)c1ccc(Cl)cc1. The third-order valence-corrected chi connectivity index (χ3v) is 3.57. The molecule has 1 aromatic carbocycles. The molecule has 2 N–H and O–H groups in total. The smallest absolute Gasteiger partial charge is 0.0529 e. The average Bonchev–Trinajstić information content (AvgIpc) is 2.19. The summed E-state index contributed by atoms with van der Waals surface area (Å²) in [6, 6.07) is 7.14. The van der Waals surface area contributed by atoms with Gasteiger partial charge in [0.15, 0.2) is 0 Å². The van der Waals surface area contributed by atoms with E-state index in [-0.39, 0.29) is 0 Å². The Morgan fingerprint density at radius 2 is 1.86 bits per heavy atom. The summed E-state index contributed by atoms with van der Waals surface area (Å²) in [6.07, 6.45) is 1.84. The van der Waals surface area contributed by atoms with Gasteiger partial charge in [-0.2, -0.15) is 0 Å². The summed E-state index contributed by atoms with van der Waals surface area (Å²) in [7, 11) is -0.907. The quantitative estimate of drug-likeness (QED) is 0.790. The Kier molecular flexibility index (Phi) is 5.15. The highest BCUT2D eigenvalue weighted by atomic mass is 35.5. The lowest BCUT2D eigenvalue weighted by Gasteiger charge is -2.01. The van der Waals surface area contributed by atoms with Gasteiger partial charge in [0.2, 0.25) is 0 Å². The molecule has 1 unspecified atom stereocenters. The standard InChI is InChI=1S/C10H14ClNOS/c11-9-3-5-10(6-4-9)14(13)8-2-1-7-12/h3-6H,1-2,7-8,12H2. The van der Waals surface area contributed by atoms with Crippen molar-refractivity contribution in [3.8, 4) is 0 Å². The van der Waals surface area contributed by atoms with Crippen LogP contribution in [-0.4, -0.2) is 16.5 Å². The molecular weight excluding hydrogens is 218 g/mol. The van der Waals surface area contributed by atoms with Crippen LogP contribution < -0.4 is 5.73 Å². The molecule has 2 nitrogen and oxygen atoms in total. The van der Waals surface area contributed by atoms with Gasteiger partial charge in [-0.25, -0.2) is 0 Å². The van der Waals surface area contributed by atoms with Crippen LogP contribution in [0.25, 0.3) is 0 Å². The van der Waals surface area contributed by atoms with E-state index < -0.39 is 10.8 Å². The topological polar surface area (TPSA) is 43.1 Å². The van der Waals surface area contributed by atoms with Crippen molar-refractivity contribution in [2.24, 2.45) is 5.73 Å². The van der Waals surface area contributed by atoms with Crippen molar-refractivity contribution in [3.63, 3.8) is 0 Å². The summed E-state index contributed by atoms with van der Waals surface area (Å²) >= 11 is 5.73. The van der Waals surface area contributed by atoms with Crippen LogP contribution in [0.5, 0.6) is 0 Å². The maximum absolute atomic E-state index is 11.7. The lowest BCUT2D eigenvalue weighted by molar-refractivity contribution is 0.678. The molecule has 1 atom stereocenters. The van der Waals surface area contributed by atoms with Crippen molar-refractivity contribution in [2.75, 3.05) is 12.3 Å². The third kappa shape index (κ3) is 3.78. The zero-order chi connectivity index (χ0) is 10.4. The van der Waals surface area contributed by atoms with Crippen LogP contribution >= 0.6 is 11.6 Å². The normalized spacial score (nSPS) is 12.7. The second-order valence-electron chi connectivity index (χ2n) is 3.00. The number of nitrogens with two attached hydrogens (primary N) is 1. The largest absolute Gasteiger partial charge is 0.330 e. The van der Waals surface area contributed by atoms with E-state index in [0.29, 0.717) is 17.3 Å². The summed E-state index contributed by atoms with van der Waals surface area (Å²) in [5.41, 5.74) is 5.36. The summed E-state index contributed by atoms with van der Waals surface area (Å²) in [5, 5.41) is 0.674. The molecule has 0 fully saturated rings. The minimum atomic E-state index is -0.907. The lowest BCUT2D eigenvalue weighted by Crippen LogP contribution is -2.03. The highest BCUT2D eigenvalue weighted by Crippen LogP contribution is 2.13. The van der Waals surface area contributed by atoms with Gasteiger partial charge in [0, 0.05) is 15.7 Å². The Balaban J connectivity index is 2.48. The fourth-order valence-corrected chi connectivity index (χ4v) is 2.35. The molecular formula is C10H14ClNOS. The predicted octanol–water partition coefficient (Wildman–Crippen LogP) is 2.19. The number of halogens is 1. The van der Waals surface area contributed by atoms with E-state index in [1.54, 1.807) is 24.3 Å². The van der Waals surface area contributed by atoms with E-state index in [1.807, 2.05) is 0 Å². The van der Waals surface area contributed by atoms with Gasteiger partial charge >= 0.3 is 0 Å². The molecule has 0 saturated carbocycles. The molecule has 0 amide bonds. The summed E-state index contributed by atoms with van der Waals surface area (Å²) in [4.78, 5) is 0.839. The molecule has 0 saturated heterocycles. The minimum absolute atomic E-state index is 0.665. The number of unbranched alkanes of at least 4 members (excludes halogenated alkanes) is 1. The van der Waals surface area contributed by atoms with Gasteiger partial charge in [-0.15, -0.1) is 0 Å². The Bertz CT molecular complexity index is 299. The van der Waals surface area contributed by atoms with Crippen molar-refractivity contribution in [2.45, 2.75) is 17.7 Å². The highest BCUT2D eigenvalue weighted by Gasteiger charge is 2.02. The Morgan fingerprint density at radius 3 is 2.43 bits per heavy atom. The number of benzene rings is 1. The van der Waals surface area contributed by atoms with Gasteiger partial charge in [-0.1, -0.05) is 11.6 Å². The monoisotopic (exact) mass is 231 g/mol. The summed E-state index contributed by atoms with van der Waals surface area (Å²) in [5.74, 6) is 0.679. The molecule has 0 aliphatic heterocycles. The van der Waals surface area contributed by atoms with E-state index in [1.165, 1.54) is 0 Å². The van der Waals surface area contributed by atoms with E-state index >= 15 is 0 Å². The van der Waals surface area contributed by atoms with Crippen molar-refractivity contribution < 1.29 is 4.21 Å². The first-order valence-electron chi connectivity index (χ1n) is 4.58. The van der Waals surface area contributed by atoms with E-state index in [2.05, 4.69) is 0 Å². The van der Waals surface area contributed by atoms with Gasteiger partial charge < -0.3 is 5.73 Å². The maximum Gasteiger partial charge on any atom is 0.0529 e. The minimum Gasteiger partial charge on any atom is -0.330 e. The molecule has 0 bridgehead atoms. The van der Waals surface area contributed by atoms with Crippen LogP contribution in [0.4, 0.5) is 0 Å². The van der Waals surface area contributed by atoms with Gasteiger partial charge in [0.05, 0.1) is 10.8 Å². The molecule has 1 aromatic rings. The van der Waals surface area contributed by atoms with Crippen LogP contribution in [0.2, 0.25) is 5.02 Å². The van der Waals surface area contributed by atoms with E-state index in [0.717, 1.165) is 17.7 Å².